The topological polar surface area (TPSA) is 76.4 Å². The molecule has 0 aliphatic heterocycles. The minimum atomic E-state index is -4.42. The Morgan fingerprint density at radius 3 is 2.50 bits per heavy atom. The molecule has 1 rings (SSSR count). The molecule has 1 aromatic rings. The van der Waals surface area contributed by atoms with E-state index in [2.05, 4.69) is 20.9 Å². The number of benzene rings is 1. The molecule has 0 bridgehead atoms. The van der Waals surface area contributed by atoms with Crippen LogP contribution in [-0.2, 0) is 6.18 Å². The molecule has 1 aromatic carbocycles. The van der Waals surface area contributed by atoms with Gasteiger partial charge >= 0.3 is 6.18 Å². The summed E-state index contributed by atoms with van der Waals surface area (Å²) < 4.78 is 37.5. The molecular weight excluding hydrogens is 289 g/mol. The van der Waals surface area contributed by atoms with Gasteiger partial charge in [-0.3, -0.25) is 5.43 Å². The molecule has 0 atom stereocenters. The van der Waals surface area contributed by atoms with E-state index < -0.39 is 11.7 Å². The van der Waals surface area contributed by atoms with Crippen molar-refractivity contribution >= 4 is 27.6 Å². The van der Waals surface area contributed by atoms with Crippen LogP contribution in [0.15, 0.2) is 27.7 Å². The normalized spacial score (nSPS) is 12.7. The highest BCUT2D eigenvalue weighted by atomic mass is 79.9. The lowest BCUT2D eigenvalue weighted by atomic mass is 10.2. The second-order valence-corrected chi connectivity index (χ2v) is 3.66. The number of aliphatic imine (C=N–C) groups is 1. The molecule has 0 aliphatic rings. The maximum Gasteiger partial charge on any atom is 0.416 e. The van der Waals surface area contributed by atoms with E-state index >= 15 is 0 Å². The Balaban J connectivity index is 3.19. The number of halogens is 4. The van der Waals surface area contributed by atoms with Crippen LogP contribution in [0, 0.1) is 0 Å². The maximum absolute atomic E-state index is 12.4. The van der Waals surface area contributed by atoms with Crippen molar-refractivity contribution in [3.05, 3.63) is 28.2 Å². The van der Waals surface area contributed by atoms with Gasteiger partial charge in [-0.1, -0.05) is 0 Å². The Hall–Kier alpha value is -1.28. The van der Waals surface area contributed by atoms with Crippen molar-refractivity contribution in [2.75, 3.05) is 0 Å². The third-order valence-electron chi connectivity index (χ3n) is 1.66. The standard InChI is InChI=1S/C8H8BrF3N4/c9-5-2-1-4(8(10,11)12)3-6(5)15-7(13)16-14/h1-3H,14H2,(H3,13,15,16). The highest BCUT2D eigenvalue weighted by molar-refractivity contribution is 9.10. The van der Waals surface area contributed by atoms with Gasteiger partial charge in [0.15, 0.2) is 0 Å². The SMILES string of the molecule is NNC(N)=Nc1cc(C(F)(F)F)ccc1Br. The number of rotatable bonds is 1. The van der Waals surface area contributed by atoms with E-state index in [0.717, 1.165) is 12.1 Å². The maximum atomic E-state index is 12.4. The molecule has 88 valence electrons. The van der Waals surface area contributed by atoms with Crippen molar-refractivity contribution in [1.29, 1.82) is 0 Å². The second-order valence-electron chi connectivity index (χ2n) is 2.81. The predicted octanol–water partition coefficient (Wildman–Crippen LogP) is 1.88. The average Bonchev–Trinajstić information content (AvgIpc) is 2.19. The van der Waals surface area contributed by atoms with Crippen LogP contribution in [0.2, 0.25) is 0 Å². The summed E-state index contributed by atoms with van der Waals surface area (Å²) in [5, 5.41) is 0. The Kier molecular flexibility index (Phi) is 3.76. The van der Waals surface area contributed by atoms with E-state index in [-0.39, 0.29) is 11.6 Å². The molecule has 0 unspecified atom stereocenters. The van der Waals surface area contributed by atoms with Crippen LogP contribution in [0.1, 0.15) is 5.56 Å². The third kappa shape index (κ3) is 3.11. The van der Waals surface area contributed by atoms with Gasteiger partial charge in [0.2, 0.25) is 5.96 Å². The van der Waals surface area contributed by atoms with E-state index in [9.17, 15) is 13.2 Å². The monoisotopic (exact) mass is 296 g/mol. The predicted molar refractivity (Wildman–Crippen MR) is 57.7 cm³/mol. The van der Waals surface area contributed by atoms with Crippen molar-refractivity contribution in [1.82, 2.24) is 5.43 Å². The van der Waals surface area contributed by atoms with E-state index in [1.807, 2.05) is 5.43 Å². The fraction of sp³-hybridized carbons (Fsp3) is 0.125. The molecule has 0 radical (unpaired) electrons. The van der Waals surface area contributed by atoms with Gasteiger partial charge in [0, 0.05) is 4.47 Å². The first kappa shape index (κ1) is 12.8. The number of hydrazine groups is 1. The quantitative estimate of drug-likeness (QED) is 0.320. The molecule has 0 heterocycles. The zero-order chi connectivity index (χ0) is 12.3. The van der Waals surface area contributed by atoms with Gasteiger partial charge in [-0.25, -0.2) is 10.8 Å². The third-order valence-corrected chi connectivity index (χ3v) is 2.33. The van der Waals surface area contributed by atoms with Gasteiger partial charge in [0.1, 0.15) is 0 Å². The first-order valence-corrected chi connectivity index (χ1v) is 4.81. The van der Waals surface area contributed by atoms with E-state index in [1.165, 1.54) is 6.07 Å². The van der Waals surface area contributed by atoms with Gasteiger partial charge in [-0.05, 0) is 34.1 Å². The van der Waals surface area contributed by atoms with Crippen LogP contribution in [0.3, 0.4) is 0 Å². The molecule has 0 spiro atoms. The minimum absolute atomic E-state index is 0.0466. The van der Waals surface area contributed by atoms with Crippen LogP contribution in [0.5, 0.6) is 0 Å². The van der Waals surface area contributed by atoms with Crippen LogP contribution < -0.4 is 17.0 Å². The van der Waals surface area contributed by atoms with Crippen LogP contribution >= 0.6 is 15.9 Å². The lowest BCUT2D eigenvalue weighted by molar-refractivity contribution is -0.137. The van der Waals surface area contributed by atoms with Crippen molar-refractivity contribution in [3.8, 4) is 0 Å². The van der Waals surface area contributed by atoms with Crippen LogP contribution in [-0.4, -0.2) is 5.96 Å². The fourth-order valence-electron chi connectivity index (χ4n) is 0.937. The highest BCUT2D eigenvalue weighted by Crippen LogP contribution is 2.34. The Morgan fingerprint density at radius 2 is 2.00 bits per heavy atom. The van der Waals surface area contributed by atoms with Crippen molar-refractivity contribution in [3.63, 3.8) is 0 Å². The van der Waals surface area contributed by atoms with Crippen molar-refractivity contribution in [2.45, 2.75) is 6.18 Å². The molecular formula is C8H8BrF3N4. The Labute approximate surface area is 97.6 Å². The molecule has 4 nitrogen and oxygen atoms in total. The van der Waals surface area contributed by atoms with Crippen LogP contribution in [0.4, 0.5) is 18.9 Å². The van der Waals surface area contributed by atoms with Gasteiger partial charge in [-0.15, -0.1) is 0 Å². The van der Waals surface area contributed by atoms with Gasteiger partial charge in [0.25, 0.3) is 0 Å². The summed E-state index contributed by atoms with van der Waals surface area (Å²) in [6, 6.07) is 3.05. The van der Waals surface area contributed by atoms with Gasteiger partial charge in [0.05, 0.1) is 11.3 Å². The molecule has 0 amide bonds. The zero-order valence-electron chi connectivity index (χ0n) is 7.85. The minimum Gasteiger partial charge on any atom is -0.369 e. The highest BCUT2D eigenvalue weighted by Gasteiger charge is 2.30. The largest absolute Gasteiger partial charge is 0.416 e. The van der Waals surface area contributed by atoms with Crippen LogP contribution in [0.25, 0.3) is 0 Å². The van der Waals surface area contributed by atoms with E-state index in [1.54, 1.807) is 0 Å². The number of nitrogens with two attached hydrogens (primary N) is 2. The lowest BCUT2D eigenvalue weighted by Crippen LogP contribution is -2.36. The molecule has 5 N–H and O–H groups in total. The molecule has 0 aromatic heterocycles. The number of hydrogen-bond donors (Lipinski definition) is 3. The molecule has 0 aliphatic carbocycles. The zero-order valence-corrected chi connectivity index (χ0v) is 9.43. The van der Waals surface area contributed by atoms with Gasteiger partial charge < -0.3 is 5.73 Å². The number of hydrogen-bond acceptors (Lipinski definition) is 2. The number of guanidine groups is 1. The molecule has 16 heavy (non-hydrogen) atoms. The van der Waals surface area contributed by atoms with Gasteiger partial charge in [-0.2, -0.15) is 13.2 Å². The smallest absolute Gasteiger partial charge is 0.369 e. The summed E-state index contributed by atoms with van der Waals surface area (Å²) in [7, 11) is 0. The Morgan fingerprint density at radius 1 is 1.38 bits per heavy atom. The number of nitrogens with one attached hydrogen (secondary N) is 1. The fourth-order valence-corrected chi connectivity index (χ4v) is 1.27. The van der Waals surface area contributed by atoms with E-state index in [4.69, 9.17) is 11.6 Å². The van der Waals surface area contributed by atoms with E-state index in [0.29, 0.717) is 4.47 Å². The van der Waals surface area contributed by atoms with Crippen molar-refractivity contribution in [2.24, 2.45) is 16.6 Å². The summed E-state index contributed by atoms with van der Waals surface area (Å²) in [5.74, 6) is 4.77. The first-order chi connectivity index (χ1) is 7.34. The molecule has 0 fully saturated rings. The molecule has 0 saturated heterocycles. The Bertz CT molecular complexity index is 416. The second kappa shape index (κ2) is 4.71. The molecule has 0 saturated carbocycles. The summed E-state index contributed by atoms with van der Waals surface area (Å²) in [4.78, 5) is 3.66. The lowest BCUT2D eigenvalue weighted by Gasteiger charge is -2.08. The summed E-state index contributed by atoms with van der Waals surface area (Å²) in [5.41, 5.74) is 6.51. The molecule has 8 heteroatoms. The number of nitrogens with zero attached hydrogens (tertiary/aromatic N) is 1. The first-order valence-electron chi connectivity index (χ1n) is 4.02. The number of alkyl halides is 3. The summed E-state index contributed by atoms with van der Waals surface area (Å²) in [6.07, 6.45) is -4.42. The average molecular weight is 297 g/mol. The van der Waals surface area contributed by atoms with Crippen molar-refractivity contribution < 1.29 is 13.2 Å². The summed E-state index contributed by atoms with van der Waals surface area (Å²) >= 11 is 3.06. The summed E-state index contributed by atoms with van der Waals surface area (Å²) in [6.45, 7) is 0.